The van der Waals surface area contributed by atoms with Crippen LogP contribution in [0, 0.1) is 5.92 Å². The van der Waals surface area contributed by atoms with E-state index < -0.39 is 24.0 Å². The maximum Gasteiger partial charge on any atom is 0.328 e. The second-order valence-corrected chi connectivity index (χ2v) is 4.41. The molecule has 1 heterocycles. The second-order valence-electron chi connectivity index (χ2n) is 4.41. The highest BCUT2D eigenvalue weighted by molar-refractivity contribution is 5.90. The van der Waals surface area contributed by atoms with E-state index in [1.54, 1.807) is 0 Å². The maximum atomic E-state index is 11.8. The Hall–Kier alpha value is -1.59. The van der Waals surface area contributed by atoms with Crippen LogP contribution in [0.2, 0.25) is 0 Å². The van der Waals surface area contributed by atoms with E-state index in [9.17, 15) is 14.4 Å². The largest absolute Gasteiger partial charge is 0.467 e. The quantitative estimate of drug-likeness (QED) is 0.721. The van der Waals surface area contributed by atoms with Gasteiger partial charge in [-0.3, -0.25) is 9.59 Å². The summed E-state index contributed by atoms with van der Waals surface area (Å²) in [6.45, 7) is 3.77. The summed E-state index contributed by atoms with van der Waals surface area (Å²) in [6, 6.07) is -0.702. The maximum absolute atomic E-state index is 11.8. The van der Waals surface area contributed by atoms with Crippen molar-refractivity contribution in [2.24, 2.45) is 5.92 Å². The Morgan fingerprint density at radius 1 is 1.56 bits per heavy atom. The molecular formula is C12H19NO5. The van der Waals surface area contributed by atoms with E-state index in [4.69, 9.17) is 4.74 Å². The predicted molar refractivity (Wildman–Crippen MR) is 62.5 cm³/mol. The number of nitrogens with one attached hydrogen (secondary N) is 1. The minimum Gasteiger partial charge on any atom is -0.467 e. The smallest absolute Gasteiger partial charge is 0.328 e. The highest BCUT2D eigenvalue weighted by atomic mass is 16.6. The van der Waals surface area contributed by atoms with Gasteiger partial charge >= 0.3 is 11.9 Å². The third-order valence-electron chi connectivity index (χ3n) is 3.14. The van der Waals surface area contributed by atoms with Crippen molar-refractivity contribution in [3.8, 4) is 0 Å². The van der Waals surface area contributed by atoms with E-state index in [0.717, 1.165) is 6.42 Å². The third kappa shape index (κ3) is 3.45. The van der Waals surface area contributed by atoms with Crippen molar-refractivity contribution in [3.05, 3.63) is 0 Å². The Labute approximate surface area is 106 Å². The Kier molecular flexibility index (Phi) is 5.12. The van der Waals surface area contributed by atoms with E-state index >= 15 is 0 Å². The topological polar surface area (TPSA) is 81.7 Å². The monoisotopic (exact) mass is 257 g/mol. The molecule has 3 atom stereocenters. The average molecular weight is 257 g/mol. The Morgan fingerprint density at radius 3 is 2.67 bits per heavy atom. The van der Waals surface area contributed by atoms with Gasteiger partial charge in [-0.05, 0) is 5.92 Å². The molecular weight excluding hydrogens is 238 g/mol. The highest BCUT2D eigenvalue weighted by Crippen LogP contribution is 2.15. The minimum absolute atomic E-state index is 0.0431. The first kappa shape index (κ1) is 14.5. The molecule has 0 aliphatic carbocycles. The first-order valence-electron chi connectivity index (χ1n) is 6.07. The van der Waals surface area contributed by atoms with Crippen LogP contribution < -0.4 is 5.32 Å². The molecule has 0 saturated carbocycles. The molecule has 6 nitrogen and oxygen atoms in total. The lowest BCUT2D eigenvalue weighted by atomic mass is 9.99. The van der Waals surface area contributed by atoms with Gasteiger partial charge in [-0.1, -0.05) is 20.3 Å². The number of ether oxygens (including phenoxy) is 2. The van der Waals surface area contributed by atoms with Crippen LogP contribution in [0.3, 0.4) is 0 Å². The normalized spacial score (nSPS) is 21.9. The van der Waals surface area contributed by atoms with E-state index in [-0.39, 0.29) is 18.3 Å². The first-order chi connectivity index (χ1) is 8.49. The second kappa shape index (κ2) is 6.37. The SMILES string of the molecule is CCC(C)[C@H](NC(=O)[C@H]1CCC(=O)O1)C(=O)OC. The molecule has 1 unspecified atom stereocenters. The fraction of sp³-hybridized carbons (Fsp3) is 0.750. The molecule has 0 bridgehead atoms. The molecule has 1 rings (SSSR count). The molecule has 0 aromatic heterocycles. The van der Waals surface area contributed by atoms with Gasteiger partial charge in [0.25, 0.3) is 5.91 Å². The molecule has 1 aliphatic heterocycles. The number of esters is 2. The number of carbonyl (C=O) groups excluding carboxylic acids is 3. The van der Waals surface area contributed by atoms with Crippen LogP contribution in [-0.4, -0.2) is 37.1 Å². The van der Waals surface area contributed by atoms with Crippen LogP contribution >= 0.6 is 0 Å². The van der Waals surface area contributed by atoms with Gasteiger partial charge in [0.05, 0.1) is 7.11 Å². The van der Waals surface area contributed by atoms with Gasteiger partial charge in [0.15, 0.2) is 6.10 Å². The molecule has 102 valence electrons. The van der Waals surface area contributed by atoms with Gasteiger partial charge in [0.2, 0.25) is 0 Å². The highest BCUT2D eigenvalue weighted by Gasteiger charge is 2.34. The van der Waals surface area contributed by atoms with E-state index in [1.807, 2.05) is 13.8 Å². The van der Waals surface area contributed by atoms with Crippen LogP contribution in [0.4, 0.5) is 0 Å². The van der Waals surface area contributed by atoms with Gasteiger partial charge < -0.3 is 14.8 Å². The summed E-state index contributed by atoms with van der Waals surface area (Å²) < 4.78 is 9.51. The Balaban J connectivity index is 2.62. The van der Waals surface area contributed by atoms with E-state index in [2.05, 4.69) is 10.1 Å². The molecule has 1 fully saturated rings. The van der Waals surface area contributed by atoms with Crippen molar-refractivity contribution in [3.63, 3.8) is 0 Å². The lowest BCUT2D eigenvalue weighted by Gasteiger charge is -2.23. The molecule has 6 heteroatoms. The van der Waals surface area contributed by atoms with Crippen molar-refractivity contribution < 1.29 is 23.9 Å². The summed E-state index contributed by atoms with van der Waals surface area (Å²) in [7, 11) is 1.28. The number of cyclic esters (lactones) is 1. The molecule has 1 saturated heterocycles. The fourth-order valence-electron chi connectivity index (χ4n) is 1.75. The number of amides is 1. The zero-order chi connectivity index (χ0) is 13.7. The van der Waals surface area contributed by atoms with Gasteiger partial charge in [-0.2, -0.15) is 0 Å². The molecule has 1 N–H and O–H groups in total. The van der Waals surface area contributed by atoms with Gasteiger partial charge in [0, 0.05) is 12.8 Å². The van der Waals surface area contributed by atoms with Crippen molar-refractivity contribution in [2.75, 3.05) is 7.11 Å². The summed E-state index contributed by atoms with van der Waals surface area (Å²) in [5.74, 6) is -1.34. The molecule has 1 aliphatic rings. The summed E-state index contributed by atoms with van der Waals surface area (Å²) >= 11 is 0. The summed E-state index contributed by atoms with van der Waals surface area (Å²) in [4.78, 5) is 34.4. The number of hydrogen-bond donors (Lipinski definition) is 1. The molecule has 1 amide bonds. The molecule has 0 spiro atoms. The standard InChI is InChI=1S/C12H19NO5/c1-4-7(2)10(12(16)17-3)13-11(15)8-5-6-9(14)18-8/h7-8,10H,4-6H2,1-3H3,(H,13,15)/t7?,8-,10+/m1/s1. The number of carbonyl (C=O) groups is 3. The zero-order valence-electron chi connectivity index (χ0n) is 10.9. The summed E-state index contributed by atoms with van der Waals surface area (Å²) in [6.07, 6.45) is 0.544. The molecule has 0 radical (unpaired) electrons. The van der Waals surface area contributed by atoms with Gasteiger partial charge in [0.1, 0.15) is 6.04 Å². The molecule has 0 aromatic carbocycles. The van der Waals surface area contributed by atoms with Crippen molar-refractivity contribution in [2.45, 2.75) is 45.3 Å². The summed E-state index contributed by atoms with van der Waals surface area (Å²) in [5.41, 5.74) is 0. The fourth-order valence-corrected chi connectivity index (χ4v) is 1.75. The Morgan fingerprint density at radius 2 is 2.22 bits per heavy atom. The third-order valence-corrected chi connectivity index (χ3v) is 3.14. The lowest BCUT2D eigenvalue weighted by molar-refractivity contribution is -0.151. The first-order valence-corrected chi connectivity index (χ1v) is 6.07. The predicted octanol–water partition coefficient (Wildman–Crippen LogP) is 0.396. The van der Waals surface area contributed by atoms with E-state index in [0.29, 0.717) is 6.42 Å². The van der Waals surface area contributed by atoms with Crippen LogP contribution in [-0.2, 0) is 23.9 Å². The van der Waals surface area contributed by atoms with Gasteiger partial charge in [-0.25, -0.2) is 4.79 Å². The number of methoxy groups -OCH3 is 1. The number of rotatable bonds is 5. The molecule has 0 aromatic rings. The number of hydrogen-bond acceptors (Lipinski definition) is 5. The molecule has 18 heavy (non-hydrogen) atoms. The van der Waals surface area contributed by atoms with Crippen molar-refractivity contribution in [1.82, 2.24) is 5.32 Å². The van der Waals surface area contributed by atoms with Crippen LogP contribution in [0.25, 0.3) is 0 Å². The Bertz CT molecular complexity index is 341. The lowest BCUT2D eigenvalue weighted by Crippen LogP contribution is -2.49. The van der Waals surface area contributed by atoms with Crippen LogP contribution in [0.15, 0.2) is 0 Å². The van der Waals surface area contributed by atoms with Gasteiger partial charge in [-0.15, -0.1) is 0 Å². The summed E-state index contributed by atoms with van der Waals surface area (Å²) in [5, 5.41) is 2.59. The van der Waals surface area contributed by atoms with Crippen LogP contribution in [0.5, 0.6) is 0 Å². The van der Waals surface area contributed by atoms with Crippen molar-refractivity contribution >= 4 is 17.8 Å². The van der Waals surface area contributed by atoms with Crippen LogP contribution in [0.1, 0.15) is 33.1 Å². The van der Waals surface area contributed by atoms with E-state index in [1.165, 1.54) is 7.11 Å². The zero-order valence-corrected chi connectivity index (χ0v) is 10.9. The van der Waals surface area contributed by atoms with Crippen molar-refractivity contribution in [1.29, 1.82) is 0 Å². The minimum atomic E-state index is -0.784. The average Bonchev–Trinajstić information content (AvgIpc) is 2.80.